The van der Waals surface area contributed by atoms with Crippen LogP contribution in [0.1, 0.15) is 22.4 Å². The number of nitrogens with two attached hydrogens (primary N) is 1. The van der Waals surface area contributed by atoms with Gasteiger partial charge in [-0.3, -0.25) is 4.98 Å². The first kappa shape index (κ1) is 10.3. The highest BCUT2D eigenvalue weighted by Gasteiger charge is 2.09. The van der Waals surface area contributed by atoms with Gasteiger partial charge in [-0.15, -0.1) is 11.3 Å². The van der Waals surface area contributed by atoms with Crippen LogP contribution in [0, 0.1) is 6.92 Å². The second-order valence-corrected chi connectivity index (χ2v) is 4.42. The van der Waals surface area contributed by atoms with Crippen LogP contribution < -0.4 is 5.73 Å². The molecule has 0 aliphatic heterocycles. The Morgan fingerprint density at radius 1 is 1.47 bits per heavy atom. The Bertz CT molecular complexity index is 425. The summed E-state index contributed by atoms with van der Waals surface area (Å²) in [5, 5.41) is 3.02. The van der Waals surface area contributed by atoms with Gasteiger partial charge in [-0.05, 0) is 19.1 Å². The number of aromatic nitrogens is 2. The fourth-order valence-electron chi connectivity index (χ4n) is 1.42. The standard InChI is InChI=1S/C11H13N3S/c1-8-3-2-4-10(14-8)9(12)7-11-13-5-6-15-11/h2-6,9H,7,12H2,1H3. The van der Waals surface area contributed by atoms with Crippen molar-refractivity contribution in [3.8, 4) is 0 Å². The van der Waals surface area contributed by atoms with Crippen LogP contribution in [0.3, 0.4) is 0 Å². The van der Waals surface area contributed by atoms with E-state index >= 15 is 0 Å². The fraction of sp³-hybridized carbons (Fsp3) is 0.273. The van der Waals surface area contributed by atoms with Crippen molar-refractivity contribution in [2.24, 2.45) is 5.73 Å². The van der Waals surface area contributed by atoms with E-state index in [4.69, 9.17) is 5.73 Å². The van der Waals surface area contributed by atoms with Gasteiger partial charge in [-0.1, -0.05) is 6.07 Å². The molecule has 0 aliphatic carbocycles. The summed E-state index contributed by atoms with van der Waals surface area (Å²) >= 11 is 1.63. The van der Waals surface area contributed by atoms with Crippen molar-refractivity contribution in [2.45, 2.75) is 19.4 Å². The van der Waals surface area contributed by atoms with Crippen LogP contribution in [-0.2, 0) is 6.42 Å². The molecule has 3 nitrogen and oxygen atoms in total. The molecule has 0 radical (unpaired) electrons. The highest BCUT2D eigenvalue weighted by atomic mass is 32.1. The van der Waals surface area contributed by atoms with Gasteiger partial charge in [-0.2, -0.15) is 0 Å². The molecule has 0 saturated carbocycles. The SMILES string of the molecule is Cc1cccc(C(N)Cc2nccs2)n1. The minimum absolute atomic E-state index is 0.0592. The molecule has 0 fully saturated rings. The van der Waals surface area contributed by atoms with Gasteiger partial charge in [0.15, 0.2) is 0 Å². The molecule has 0 spiro atoms. The molecule has 0 saturated heterocycles. The van der Waals surface area contributed by atoms with Gasteiger partial charge < -0.3 is 5.73 Å². The van der Waals surface area contributed by atoms with Crippen LogP contribution in [0.15, 0.2) is 29.8 Å². The maximum Gasteiger partial charge on any atom is 0.0944 e. The van der Waals surface area contributed by atoms with Gasteiger partial charge in [0.1, 0.15) is 0 Å². The number of thiazole rings is 1. The van der Waals surface area contributed by atoms with Gasteiger partial charge in [0.25, 0.3) is 0 Å². The van der Waals surface area contributed by atoms with E-state index in [9.17, 15) is 0 Å². The topological polar surface area (TPSA) is 51.8 Å². The Labute approximate surface area is 93.0 Å². The van der Waals surface area contributed by atoms with Crippen molar-refractivity contribution in [1.29, 1.82) is 0 Å². The molecule has 2 aromatic heterocycles. The predicted molar refractivity (Wildman–Crippen MR) is 61.7 cm³/mol. The molecule has 15 heavy (non-hydrogen) atoms. The quantitative estimate of drug-likeness (QED) is 0.860. The predicted octanol–water partition coefficient (Wildman–Crippen LogP) is 2.09. The summed E-state index contributed by atoms with van der Waals surface area (Å²) in [6.45, 7) is 1.97. The molecule has 1 atom stereocenters. The zero-order valence-corrected chi connectivity index (χ0v) is 9.37. The lowest BCUT2D eigenvalue weighted by Gasteiger charge is -2.09. The van der Waals surface area contributed by atoms with E-state index in [0.29, 0.717) is 0 Å². The van der Waals surface area contributed by atoms with Gasteiger partial charge in [0.05, 0.1) is 16.7 Å². The average Bonchev–Trinajstić information content (AvgIpc) is 2.70. The second kappa shape index (κ2) is 4.51. The number of aryl methyl sites for hydroxylation is 1. The highest BCUT2D eigenvalue weighted by molar-refractivity contribution is 7.09. The van der Waals surface area contributed by atoms with Crippen LogP contribution in [0.2, 0.25) is 0 Å². The van der Waals surface area contributed by atoms with Crippen molar-refractivity contribution in [1.82, 2.24) is 9.97 Å². The lowest BCUT2D eigenvalue weighted by Crippen LogP contribution is -2.15. The molecule has 2 N–H and O–H groups in total. The molecule has 2 aromatic rings. The Morgan fingerprint density at radius 3 is 3.00 bits per heavy atom. The van der Waals surface area contributed by atoms with Crippen LogP contribution in [-0.4, -0.2) is 9.97 Å². The lowest BCUT2D eigenvalue weighted by atomic mass is 10.1. The van der Waals surface area contributed by atoms with Crippen molar-refractivity contribution in [3.63, 3.8) is 0 Å². The smallest absolute Gasteiger partial charge is 0.0944 e. The van der Waals surface area contributed by atoms with E-state index in [1.165, 1.54) is 0 Å². The molecule has 4 heteroatoms. The fourth-order valence-corrected chi connectivity index (χ4v) is 2.09. The van der Waals surface area contributed by atoms with Crippen molar-refractivity contribution in [2.75, 3.05) is 0 Å². The summed E-state index contributed by atoms with van der Waals surface area (Å²) in [7, 11) is 0. The molecule has 2 rings (SSSR count). The van der Waals surface area contributed by atoms with E-state index in [2.05, 4.69) is 9.97 Å². The Balaban J connectivity index is 2.11. The molecule has 0 aliphatic rings. The molecule has 78 valence electrons. The summed E-state index contributed by atoms with van der Waals surface area (Å²) in [5.74, 6) is 0. The third-order valence-corrected chi connectivity index (χ3v) is 2.97. The van der Waals surface area contributed by atoms with E-state index in [1.54, 1.807) is 17.5 Å². The Kier molecular flexibility index (Phi) is 3.08. The number of rotatable bonds is 3. The van der Waals surface area contributed by atoms with E-state index in [-0.39, 0.29) is 6.04 Å². The minimum Gasteiger partial charge on any atom is -0.322 e. The van der Waals surface area contributed by atoms with Crippen LogP contribution in [0.25, 0.3) is 0 Å². The minimum atomic E-state index is -0.0592. The lowest BCUT2D eigenvalue weighted by molar-refractivity contribution is 0.690. The molecular weight excluding hydrogens is 206 g/mol. The zero-order chi connectivity index (χ0) is 10.7. The van der Waals surface area contributed by atoms with Crippen LogP contribution in [0.5, 0.6) is 0 Å². The largest absolute Gasteiger partial charge is 0.322 e. The molecule has 0 aromatic carbocycles. The van der Waals surface area contributed by atoms with Gasteiger partial charge in [-0.25, -0.2) is 4.98 Å². The summed E-state index contributed by atoms with van der Waals surface area (Å²) in [6, 6.07) is 5.86. The summed E-state index contributed by atoms with van der Waals surface area (Å²) in [6.07, 6.45) is 2.56. The first-order valence-corrected chi connectivity index (χ1v) is 5.71. The first-order valence-electron chi connectivity index (χ1n) is 4.83. The van der Waals surface area contributed by atoms with Gasteiger partial charge in [0, 0.05) is 23.7 Å². The summed E-state index contributed by atoms with van der Waals surface area (Å²) in [5.41, 5.74) is 8.00. The first-order chi connectivity index (χ1) is 7.25. The molecule has 0 amide bonds. The third-order valence-electron chi connectivity index (χ3n) is 2.17. The maximum atomic E-state index is 6.06. The monoisotopic (exact) mass is 219 g/mol. The zero-order valence-electron chi connectivity index (χ0n) is 8.55. The average molecular weight is 219 g/mol. The normalized spacial score (nSPS) is 12.7. The molecular formula is C11H13N3S. The number of hydrogen-bond donors (Lipinski definition) is 1. The second-order valence-electron chi connectivity index (χ2n) is 3.44. The van der Waals surface area contributed by atoms with Crippen LogP contribution in [0.4, 0.5) is 0 Å². The molecule has 2 heterocycles. The Hall–Kier alpha value is -1.26. The van der Waals surface area contributed by atoms with Gasteiger partial charge >= 0.3 is 0 Å². The molecule has 0 bridgehead atoms. The number of hydrogen-bond acceptors (Lipinski definition) is 4. The van der Waals surface area contributed by atoms with Crippen molar-refractivity contribution < 1.29 is 0 Å². The van der Waals surface area contributed by atoms with Gasteiger partial charge in [0.2, 0.25) is 0 Å². The number of nitrogens with zero attached hydrogens (tertiary/aromatic N) is 2. The highest BCUT2D eigenvalue weighted by Crippen LogP contribution is 2.15. The Morgan fingerprint density at radius 2 is 2.33 bits per heavy atom. The summed E-state index contributed by atoms with van der Waals surface area (Å²) in [4.78, 5) is 8.62. The van der Waals surface area contributed by atoms with Crippen LogP contribution >= 0.6 is 11.3 Å². The van der Waals surface area contributed by atoms with E-state index in [0.717, 1.165) is 22.8 Å². The van der Waals surface area contributed by atoms with Crippen molar-refractivity contribution >= 4 is 11.3 Å². The van der Waals surface area contributed by atoms with E-state index in [1.807, 2.05) is 30.5 Å². The van der Waals surface area contributed by atoms with E-state index < -0.39 is 0 Å². The molecule has 1 unspecified atom stereocenters. The number of pyridine rings is 1. The van der Waals surface area contributed by atoms with Crippen molar-refractivity contribution in [3.05, 3.63) is 46.2 Å². The third kappa shape index (κ3) is 2.61. The maximum absolute atomic E-state index is 6.06. The summed E-state index contributed by atoms with van der Waals surface area (Å²) < 4.78 is 0.